The minimum atomic E-state index is 0.168. The summed E-state index contributed by atoms with van der Waals surface area (Å²) in [5.41, 5.74) is 6.30. The zero-order valence-electron chi connectivity index (χ0n) is 6.51. The van der Waals surface area contributed by atoms with Gasteiger partial charge in [0.15, 0.2) is 10.6 Å². The molecule has 2 heterocycles. The van der Waals surface area contributed by atoms with Crippen LogP contribution in [-0.4, -0.2) is 16.1 Å². The topological polar surface area (TPSA) is 78.8 Å². The van der Waals surface area contributed by atoms with Crippen molar-refractivity contribution in [2.45, 2.75) is 13.1 Å². The summed E-state index contributed by atoms with van der Waals surface area (Å²) in [7, 11) is 0. The number of hydrogen-bond acceptors (Lipinski definition) is 5. The van der Waals surface area contributed by atoms with E-state index in [-0.39, 0.29) is 6.17 Å². The normalized spacial score (nSPS) is 19.6. The zero-order valence-corrected chi connectivity index (χ0v) is 7.33. The molecule has 1 aromatic heterocycles. The lowest BCUT2D eigenvalue weighted by Gasteiger charge is -2.01. The van der Waals surface area contributed by atoms with Crippen LogP contribution in [-0.2, 0) is 0 Å². The largest absolute Gasteiger partial charge is 0.369 e. The van der Waals surface area contributed by atoms with Gasteiger partial charge in [-0.3, -0.25) is 0 Å². The van der Waals surface area contributed by atoms with Crippen LogP contribution in [0.15, 0.2) is 0 Å². The molecule has 1 aliphatic heterocycles. The molecule has 1 unspecified atom stereocenters. The minimum Gasteiger partial charge on any atom is -0.369 e. The van der Waals surface area contributed by atoms with Crippen LogP contribution in [0.3, 0.4) is 0 Å². The summed E-state index contributed by atoms with van der Waals surface area (Å²) in [6, 6.07) is 0. The summed E-state index contributed by atoms with van der Waals surface area (Å²) in [5, 5.41) is 6.25. The second-order valence-electron chi connectivity index (χ2n) is 2.69. The molecule has 0 amide bonds. The summed E-state index contributed by atoms with van der Waals surface area (Å²) in [6.45, 7) is 1.98. The number of fused-ring (bicyclic) bond motifs is 1. The van der Waals surface area contributed by atoms with Crippen molar-refractivity contribution in [2.24, 2.45) is 0 Å². The molecule has 0 fully saturated rings. The first-order valence-corrected chi connectivity index (χ1v) is 4.00. The van der Waals surface area contributed by atoms with Crippen molar-refractivity contribution in [1.29, 1.82) is 0 Å². The zero-order chi connectivity index (χ0) is 8.72. The fraction of sp³-hybridized carbons (Fsp3) is 0.333. The molecule has 0 spiro atoms. The van der Waals surface area contributed by atoms with E-state index in [4.69, 9.17) is 18.0 Å². The Hall–Kier alpha value is -1.30. The number of aromatic nitrogens is 2. The van der Waals surface area contributed by atoms with Gasteiger partial charge in [0.05, 0.1) is 6.17 Å². The fourth-order valence-electron chi connectivity index (χ4n) is 1.20. The molecule has 0 saturated heterocycles. The van der Waals surface area contributed by atoms with Gasteiger partial charge in [-0.25, -0.2) is 4.98 Å². The van der Waals surface area contributed by atoms with Gasteiger partial charge in [0.1, 0.15) is 11.5 Å². The Morgan fingerprint density at radius 2 is 2.25 bits per heavy atom. The molecule has 0 saturated carbocycles. The van der Waals surface area contributed by atoms with E-state index in [9.17, 15) is 0 Å². The van der Waals surface area contributed by atoms with Crippen LogP contribution < -0.4 is 16.4 Å². The summed E-state index contributed by atoms with van der Waals surface area (Å²) in [6.07, 6.45) is 0.168. The molecule has 64 valence electrons. The Bertz CT molecular complexity index is 371. The van der Waals surface area contributed by atoms with E-state index in [0.29, 0.717) is 10.6 Å². The van der Waals surface area contributed by atoms with E-state index in [2.05, 4.69) is 20.6 Å². The van der Waals surface area contributed by atoms with E-state index in [1.54, 1.807) is 0 Å². The first-order valence-electron chi connectivity index (χ1n) is 3.59. The average Bonchev–Trinajstić information content (AvgIpc) is 2.29. The predicted molar refractivity (Wildman–Crippen MR) is 50.5 cm³/mol. The summed E-state index contributed by atoms with van der Waals surface area (Å²) in [5.74, 6) is 1.15. The van der Waals surface area contributed by atoms with Crippen LogP contribution >= 0.6 is 12.2 Å². The molecular formula is C6H9N5S. The van der Waals surface area contributed by atoms with E-state index >= 15 is 0 Å². The number of hydrogen-bond donors (Lipinski definition) is 4. The standard InChI is InChI=1S/C6H9N5S/c1-2-8-3-4(9-2)10-6(7)11-5(3)12/h2,8H,1H3,(H4,7,9,10,11,12). The van der Waals surface area contributed by atoms with Crippen molar-refractivity contribution in [3.63, 3.8) is 0 Å². The number of nitrogens with one attached hydrogen (secondary N) is 3. The Morgan fingerprint density at radius 3 is 3.00 bits per heavy atom. The van der Waals surface area contributed by atoms with Gasteiger partial charge in [0.25, 0.3) is 0 Å². The maximum absolute atomic E-state index is 5.48. The average molecular weight is 183 g/mol. The van der Waals surface area contributed by atoms with Crippen molar-refractivity contribution >= 4 is 29.7 Å². The van der Waals surface area contributed by atoms with Gasteiger partial charge >= 0.3 is 0 Å². The SMILES string of the molecule is CC1Nc2[nH]c(N)nc(=S)c2N1. The number of nitrogen functional groups attached to an aromatic ring is 1. The highest BCUT2D eigenvalue weighted by atomic mass is 32.1. The van der Waals surface area contributed by atoms with Crippen LogP contribution in [0.25, 0.3) is 0 Å². The van der Waals surface area contributed by atoms with Crippen molar-refractivity contribution in [2.75, 3.05) is 16.4 Å². The molecule has 1 atom stereocenters. The lowest BCUT2D eigenvalue weighted by Crippen LogP contribution is -2.16. The molecule has 6 heteroatoms. The highest BCUT2D eigenvalue weighted by Crippen LogP contribution is 2.27. The smallest absolute Gasteiger partial charge is 0.200 e. The van der Waals surface area contributed by atoms with Crippen LogP contribution in [0, 0.1) is 4.64 Å². The Kier molecular flexibility index (Phi) is 1.44. The molecule has 1 aliphatic rings. The van der Waals surface area contributed by atoms with Gasteiger partial charge in [0, 0.05) is 0 Å². The number of H-pyrrole nitrogens is 1. The van der Waals surface area contributed by atoms with Gasteiger partial charge in [-0.2, -0.15) is 0 Å². The van der Waals surface area contributed by atoms with Crippen LogP contribution in [0.2, 0.25) is 0 Å². The Morgan fingerprint density at radius 1 is 1.50 bits per heavy atom. The highest BCUT2D eigenvalue weighted by molar-refractivity contribution is 7.71. The van der Waals surface area contributed by atoms with Crippen molar-refractivity contribution < 1.29 is 0 Å². The number of rotatable bonds is 0. The third kappa shape index (κ3) is 1.00. The first-order chi connectivity index (χ1) is 5.66. The highest BCUT2D eigenvalue weighted by Gasteiger charge is 2.17. The monoisotopic (exact) mass is 183 g/mol. The van der Waals surface area contributed by atoms with Gasteiger partial charge in [-0.15, -0.1) is 0 Å². The van der Waals surface area contributed by atoms with Crippen LogP contribution in [0.4, 0.5) is 17.5 Å². The third-order valence-electron chi connectivity index (χ3n) is 1.66. The van der Waals surface area contributed by atoms with Crippen molar-refractivity contribution in [3.8, 4) is 0 Å². The summed E-state index contributed by atoms with van der Waals surface area (Å²) in [4.78, 5) is 6.80. The Labute approximate surface area is 74.4 Å². The van der Waals surface area contributed by atoms with Crippen LogP contribution in [0.1, 0.15) is 6.92 Å². The molecule has 0 aromatic carbocycles. The molecule has 1 aromatic rings. The minimum absolute atomic E-state index is 0.168. The molecule has 0 aliphatic carbocycles. The molecule has 2 rings (SSSR count). The third-order valence-corrected chi connectivity index (χ3v) is 1.96. The predicted octanol–water partition coefficient (Wildman–Crippen LogP) is 0.905. The van der Waals surface area contributed by atoms with Gasteiger partial charge in [-0.1, -0.05) is 12.2 Å². The number of anilines is 3. The van der Waals surface area contributed by atoms with E-state index in [0.717, 1.165) is 11.5 Å². The van der Waals surface area contributed by atoms with Crippen LogP contribution in [0.5, 0.6) is 0 Å². The Balaban J connectivity index is 2.60. The number of aromatic amines is 1. The summed E-state index contributed by atoms with van der Waals surface area (Å²) >= 11 is 5.01. The fourth-order valence-corrected chi connectivity index (χ4v) is 1.46. The van der Waals surface area contributed by atoms with E-state index in [1.807, 2.05) is 6.92 Å². The van der Waals surface area contributed by atoms with Crippen molar-refractivity contribution in [3.05, 3.63) is 4.64 Å². The molecule has 0 bridgehead atoms. The molecule has 0 radical (unpaired) electrons. The van der Waals surface area contributed by atoms with E-state index in [1.165, 1.54) is 0 Å². The molecular weight excluding hydrogens is 174 g/mol. The maximum atomic E-state index is 5.48. The molecule has 12 heavy (non-hydrogen) atoms. The second-order valence-corrected chi connectivity index (χ2v) is 3.07. The first kappa shape index (κ1) is 7.35. The summed E-state index contributed by atoms with van der Waals surface area (Å²) < 4.78 is 0.498. The molecule has 5 nitrogen and oxygen atoms in total. The van der Waals surface area contributed by atoms with E-state index < -0.39 is 0 Å². The van der Waals surface area contributed by atoms with Crippen molar-refractivity contribution in [1.82, 2.24) is 9.97 Å². The number of nitrogens with two attached hydrogens (primary N) is 1. The second kappa shape index (κ2) is 2.34. The number of nitrogens with zero attached hydrogens (tertiary/aromatic N) is 1. The quantitative estimate of drug-likeness (QED) is 0.449. The van der Waals surface area contributed by atoms with Gasteiger partial charge in [0.2, 0.25) is 0 Å². The lowest BCUT2D eigenvalue weighted by molar-refractivity contribution is 0.951. The maximum Gasteiger partial charge on any atom is 0.200 e. The van der Waals surface area contributed by atoms with Gasteiger partial charge < -0.3 is 21.4 Å². The van der Waals surface area contributed by atoms with Gasteiger partial charge in [-0.05, 0) is 6.92 Å². The molecule has 5 N–H and O–H groups in total. The lowest BCUT2D eigenvalue weighted by atomic mass is 10.5.